The average Bonchev–Trinajstić information content (AvgIpc) is 3.37. The van der Waals surface area contributed by atoms with E-state index in [4.69, 9.17) is 20.3 Å². The molecule has 0 aliphatic heterocycles. The maximum Gasteiger partial charge on any atom is 0.320 e. The largest absolute Gasteiger partial charge is 0.497 e. The van der Waals surface area contributed by atoms with Gasteiger partial charge in [-0.15, -0.1) is 0 Å². The number of carboxylic acid groups (broad SMARTS) is 1. The van der Waals surface area contributed by atoms with E-state index in [1.165, 1.54) is 12.8 Å². The Labute approximate surface area is 199 Å². The maximum absolute atomic E-state index is 10.9. The number of nitrogens with zero attached hydrogens (tertiary/aromatic N) is 2. The molecule has 8 heteroatoms. The first-order valence-corrected chi connectivity index (χ1v) is 11.5. The fraction of sp³-hybridized carbons (Fsp3) is 0.346. The van der Waals surface area contributed by atoms with Gasteiger partial charge in [0, 0.05) is 23.7 Å². The molecule has 0 unspecified atom stereocenters. The van der Waals surface area contributed by atoms with E-state index in [-0.39, 0.29) is 12.5 Å². The minimum absolute atomic E-state index is 0.260. The van der Waals surface area contributed by atoms with Crippen molar-refractivity contribution in [3.63, 3.8) is 0 Å². The van der Waals surface area contributed by atoms with Crippen molar-refractivity contribution >= 4 is 11.8 Å². The smallest absolute Gasteiger partial charge is 0.320 e. The Morgan fingerprint density at radius 1 is 1.15 bits per heavy atom. The van der Waals surface area contributed by atoms with E-state index in [9.17, 15) is 4.79 Å². The minimum atomic E-state index is -1.01. The number of aromatic nitrogens is 2. The molecule has 34 heavy (non-hydrogen) atoms. The van der Waals surface area contributed by atoms with Gasteiger partial charge in [0.25, 0.3) is 0 Å². The lowest BCUT2D eigenvalue weighted by Crippen LogP contribution is -2.32. The molecule has 1 aliphatic carbocycles. The van der Waals surface area contributed by atoms with Crippen LogP contribution in [0.3, 0.4) is 0 Å². The summed E-state index contributed by atoms with van der Waals surface area (Å²) in [5, 5.41) is 12.3. The summed E-state index contributed by atoms with van der Waals surface area (Å²) in [5.74, 6) is 1.27. The van der Waals surface area contributed by atoms with Crippen LogP contribution in [0.1, 0.15) is 36.8 Å². The summed E-state index contributed by atoms with van der Waals surface area (Å²) in [7, 11) is 1.66. The van der Waals surface area contributed by atoms with Gasteiger partial charge in [-0.1, -0.05) is 24.3 Å². The summed E-state index contributed by atoms with van der Waals surface area (Å²) in [6.45, 7) is 0.554. The van der Waals surface area contributed by atoms with Crippen LogP contribution in [0.2, 0.25) is 0 Å². The number of ether oxygens (including phenoxy) is 2. The van der Waals surface area contributed by atoms with Crippen molar-refractivity contribution in [2.45, 2.75) is 50.8 Å². The van der Waals surface area contributed by atoms with Crippen LogP contribution in [-0.2, 0) is 17.8 Å². The van der Waals surface area contributed by atoms with Crippen LogP contribution < -0.4 is 20.5 Å². The van der Waals surface area contributed by atoms with Gasteiger partial charge in [-0.25, -0.2) is 4.98 Å². The number of nitrogens with two attached hydrogens (primary N) is 1. The van der Waals surface area contributed by atoms with Crippen molar-refractivity contribution in [1.29, 1.82) is 0 Å². The van der Waals surface area contributed by atoms with Crippen LogP contribution in [0.15, 0.2) is 54.9 Å². The van der Waals surface area contributed by atoms with E-state index >= 15 is 0 Å². The first-order valence-electron chi connectivity index (χ1n) is 11.5. The molecule has 0 saturated heterocycles. The molecule has 2 aromatic carbocycles. The van der Waals surface area contributed by atoms with Crippen molar-refractivity contribution in [3.8, 4) is 22.8 Å². The Morgan fingerprint density at radius 3 is 2.56 bits per heavy atom. The molecule has 0 bridgehead atoms. The summed E-state index contributed by atoms with van der Waals surface area (Å²) >= 11 is 0. The molecule has 1 fully saturated rings. The zero-order valence-corrected chi connectivity index (χ0v) is 19.2. The number of aliphatic carboxylic acids is 1. The number of hydrogen-bond acceptors (Lipinski definition) is 7. The highest BCUT2D eigenvalue weighted by molar-refractivity contribution is 5.73. The first-order chi connectivity index (χ1) is 16.5. The second kappa shape index (κ2) is 11.0. The van der Waals surface area contributed by atoms with Gasteiger partial charge < -0.3 is 25.6 Å². The molecule has 1 aliphatic rings. The molecule has 4 rings (SSSR count). The third-order valence-electron chi connectivity index (χ3n) is 6.00. The number of hydrogen-bond donors (Lipinski definition) is 3. The highest BCUT2D eigenvalue weighted by Crippen LogP contribution is 2.30. The van der Waals surface area contributed by atoms with Crippen molar-refractivity contribution < 1.29 is 19.4 Å². The van der Waals surface area contributed by atoms with Crippen molar-refractivity contribution in [2.75, 3.05) is 12.4 Å². The number of nitrogens with one attached hydrogen (secondary N) is 1. The molecule has 1 heterocycles. The third-order valence-corrected chi connectivity index (χ3v) is 6.00. The molecular formula is C26H30N4O4. The number of methoxy groups -OCH3 is 1. The highest BCUT2D eigenvalue weighted by atomic mass is 16.5. The predicted molar refractivity (Wildman–Crippen MR) is 130 cm³/mol. The summed E-state index contributed by atoms with van der Waals surface area (Å²) in [4.78, 5) is 19.9. The Hall–Kier alpha value is -3.65. The fourth-order valence-electron chi connectivity index (χ4n) is 4.01. The van der Waals surface area contributed by atoms with E-state index in [2.05, 4.69) is 15.3 Å². The Morgan fingerprint density at radius 2 is 1.91 bits per heavy atom. The Balaban J connectivity index is 1.39. The average molecular weight is 463 g/mol. The Kier molecular flexibility index (Phi) is 7.59. The van der Waals surface area contributed by atoms with Crippen molar-refractivity contribution in [2.24, 2.45) is 5.73 Å². The molecule has 178 valence electrons. The summed E-state index contributed by atoms with van der Waals surface area (Å²) in [6, 6.07) is 12.5. The quantitative estimate of drug-likeness (QED) is 0.413. The highest BCUT2D eigenvalue weighted by Gasteiger charge is 2.18. The van der Waals surface area contributed by atoms with Crippen molar-refractivity contribution in [1.82, 2.24) is 9.97 Å². The molecule has 0 radical (unpaired) electrons. The number of carbonyl (C=O) groups is 1. The summed E-state index contributed by atoms with van der Waals surface area (Å²) in [5.41, 5.74) is 9.13. The molecule has 8 nitrogen and oxygen atoms in total. The van der Waals surface area contributed by atoms with Gasteiger partial charge >= 0.3 is 5.97 Å². The minimum Gasteiger partial charge on any atom is -0.497 e. The zero-order chi connectivity index (χ0) is 23.9. The number of carboxylic acids is 1. The van der Waals surface area contributed by atoms with Gasteiger partial charge in [-0.2, -0.15) is 0 Å². The Bertz CT molecular complexity index is 1100. The summed E-state index contributed by atoms with van der Waals surface area (Å²) < 4.78 is 11.6. The first kappa shape index (κ1) is 23.5. The second-order valence-electron chi connectivity index (χ2n) is 8.48. The lowest BCUT2D eigenvalue weighted by molar-refractivity contribution is -0.138. The van der Waals surface area contributed by atoms with Crippen LogP contribution in [0.4, 0.5) is 5.82 Å². The van der Waals surface area contributed by atoms with Gasteiger partial charge in [0.1, 0.15) is 23.4 Å². The van der Waals surface area contributed by atoms with E-state index in [0.29, 0.717) is 12.4 Å². The van der Waals surface area contributed by atoms with Gasteiger partial charge in [-0.05, 0) is 49.8 Å². The molecule has 1 saturated carbocycles. The molecule has 4 N–H and O–H groups in total. The molecule has 0 spiro atoms. The zero-order valence-electron chi connectivity index (χ0n) is 19.2. The van der Waals surface area contributed by atoms with Crippen LogP contribution in [-0.4, -0.2) is 40.3 Å². The lowest BCUT2D eigenvalue weighted by Gasteiger charge is -2.18. The molecule has 0 amide bonds. The lowest BCUT2D eigenvalue weighted by atomic mass is 10.0. The molecule has 3 aromatic rings. The van der Waals surface area contributed by atoms with E-state index in [1.807, 2.05) is 42.5 Å². The topological polar surface area (TPSA) is 120 Å². The van der Waals surface area contributed by atoms with Gasteiger partial charge in [0.05, 0.1) is 31.3 Å². The number of benzene rings is 2. The van der Waals surface area contributed by atoms with Crippen LogP contribution in [0, 0.1) is 0 Å². The maximum atomic E-state index is 10.9. The van der Waals surface area contributed by atoms with Crippen molar-refractivity contribution in [3.05, 3.63) is 66.0 Å². The number of rotatable bonds is 10. The molecular weight excluding hydrogens is 432 g/mol. The van der Waals surface area contributed by atoms with E-state index in [1.54, 1.807) is 19.5 Å². The molecule has 1 aromatic heterocycles. The van der Waals surface area contributed by atoms with E-state index in [0.717, 1.165) is 46.7 Å². The monoisotopic (exact) mass is 462 g/mol. The normalized spacial score (nSPS) is 14.5. The van der Waals surface area contributed by atoms with Gasteiger partial charge in [-0.3, -0.25) is 9.78 Å². The van der Waals surface area contributed by atoms with Crippen LogP contribution >= 0.6 is 0 Å². The second-order valence-corrected chi connectivity index (χ2v) is 8.48. The molecule has 1 atom stereocenters. The summed E-state index contributed by atoms with van der Waals surface area (Å²) in [6.07, 6.45) is 8.55. The van der Waals surface area contributed by atoms with Crippen LogP contribution in [0.25, 0.3) is 11.3 Å². The number of anilines is 1. The van der Waals surface area contributed by atoms with E-state index < -0.39 is 12.0 Å². The van der Waals surface area contributed by atoms with Gasteiger partial charge in [0.2, 0.25) is 0 Å². The van der Waals surface area contributed by atoms with Crippen LogP contribution in [0.5, 0.6) is 11.5 Å². The predicted octanol–water partition coefficient (Wildman–Crippen LogP) is 4.04. The third kappa shape index (κ3) is 6.02. The van der Waals surface area contributed by atoms with Gasteiger partial charge in [0.15, 0.2) is 0 Å². The fourth-order valence-corrected chi connectivity index (χ4v) is 4.01. The standard InChI is InChI=1S/C26H30N4O4/c1-33-21-11-10-19(24(13-21)34-20-4-2-3-5-20)14-29-25-16-28-23(15-30-25)18-8-6-17(7-9-18)12-22(27)26(31)32/h6-11,13,15-16,20,22H,2-5,12,14,27H2,1H3,(H,29,30)(H,31,32)/t22-/m0/s1. The SMILES string of the molecule is COc1ccc(CNc2cnc(-c3ccc(C[C@H](N)C(=O)O)cc3)cn2)c(OC2CCCC2)c1.